The molecule has 0 radical (unpaired) electrons. The molecule has 6 nitrogen and oxygen atoms in total. The lowest BCUT2D eigenvalue weighted by Gasteiger charge is -2.58. The predicted octanol–water partition coefficient (Wildman–Crippen LogP) is 2.48. The molecular weight excluding hydrogens is 338 g/mol. The van der Waals surface area contributed by atoms with Crippen molar-refractivity contribution in [2.24, 2.45) is 18.4 Å². The number of fused-ring (bicyclic) bond motifs is 1. The minimum absolute atomic E-state index is 0.193. The van der Waals surface area contributed by atoms with Crippen LogP contribution in [0.25, 0.3) is 22.2 Å². The Labute approximate surface area is 158 Å². The second kappa shape index (κ2) is 5.96. The molecule has 138 valence electrons. The Morgan fingerprint density at radius 3 is 2.74 bits per heavy atom. The van der Waals surface area contributed by atoms with Crippen LogP contribution in [0.5, 0.6) is 0 Å². The summed E-state index contributed by atoms with van der Waals surface area (Å²) >= 11 is 0. The number of rotatable bonds is 4. The minimum Gasteiger partial charge on any atom is -0.334 e. The lowest BCUT2D eigenvalue weighted by molar-refractivity contribution is -0.139. The van der Waals surface area contributed by atoms with Crippen LogP contribution < -0.4 is 0 Å². The number of imidazole rings is 1. The van der Waals surface area contributed by atoms with Crippen LogP contribution in [-0.4, -0.2) is 50.3 Å². The zero-order valence-corrected chi connectivity index (χ0v) is 15.7. The normalized spacial score (nSPS) is 19.2. The summed E-state index contributed by atoms with van der Waals surface area (Å²) < 4.78 is 1.98. The molecule has 0 N–H and O–H groups in total. The van der Waals surface area contributed by atoms with Crippen LogP contribution in [0.2, 0.25) is 0 Å². The van der Waals surface area contributed by atoms with E-state index in [0.29, 0.717) is 17.7 Å². The molecule has 3 heterocycles. The fourth-order valence-electron chi connectivity index (χ4n) is 4.81. The van der Waals surface area contributed by atoms with E-state index in [1.54, 1.807) is 6.33 Å². The number of Topliss-reactive ketones (excluding diaryl/α,β-unsaturated/α-hetero) is 1. The molecular formula is C21H23N5O. The van der Waals surface area contributed by atoms with Crippen LogP contribution in [0, 0.1) is 11.3 Å². The van der Waals surface area contributed by atoms with E-state index in [9.17, 15) is 4.79 Å². The van der Waals surface area contributed by atoms with Crippen molar-refractivity contribution >= 4 is 16.7 Å². The van der Waals surface area contributed by atoms with Gasteiger partial charge in [0, 0.05) is 43.2 Å². The Hall–Kier alpha value is -2.60. The van der Waals surface area contributed by atoms with Crippen LogP contribution in [0.4, 0.5) is 0 Å². The fourth-order valence-corrected chi connectivity index (χ4v) is 4.81. The molecule has 1 aliphatic carbocycles. The van der Waals surface area contributed by atoms with Gasteiger partial charge in [0.1, 0.15) is 11.6 Å². The lowest BCUT2D eigenvalue weighted by Crippen LogP contribution is -2.61. The SMILES string of the molecule is CN1CC2(CC(C(=O)Cc3ncc4ccc(-c5cncn5C)cc4n3)C2)C1. The van der Waals surface area contributed by atoms with Crippen molar-refractivity contribution in [1.82, 2.24) is 24.4 Å². The number of likely N-dealkylation sites (tertiary alicyclic amines) is 1. The van der Waals surface area contributed by atoms with Crippen molar-refractivity contribution in [3.05, 3.63) is 42.7 Å². The number of hydrogen-bond acceptors (Lipinski definition) is 5. The first-order valence-corrected chi connectivity index (χ1v) is 9.45. The van der Waals surface area contributed by atoms with Gasteiger partial charge in [-0.15, -0.1) is 0 Å². The van der Waals surface area contributed by atoms with Gasteiger partial charge in [0.05, 0.1) is 30.2 Å². The molecule has 1 saturated carbocycles. The predicted molar refractivity (Wildman–Crippen MR) is 103 cm³/mol. The maximum absolute atomic E-state index is 12.6. The van der Waals surface area contributed by atoms with E-state index in [4.69, 9.17) is 0 Å². The van der Waals surface area contributed by atoms with Gasteiger partial charge in [-0.25, -0.2) is 15.0 Å². The third-order valence-electron chi connectivity index (χ3n) is 6.10. The Morgan fingerprint density at radius 2 is 2.04 bits per heavy atom. The van der Waals surface area contributed by atoms with Gasteiger partial charge in [-0.3, -0.25) is 4.79 Å². The summed E-state index contributed by atoms with van der Waals surface area (Å²) in [7, 11) is 4.12. The summed E-state index contributed by atoms with van der Waals surface area (Å²) in [5.74, 6) is 1.11. The second-order valence-electron chi connectivity index (χ2n) is 8.37. The largest absolute Gasteiger partial charge is 0.334 e. The summed E-state index contributed by atoms with van der Waals surface area (Å²) in [6.45, 7) is 2.28. The molecule has 0 atom stereocenters. The van der Waals surface area contributed by atoms with Crippen molar-refractivity contribution in [3.8, 4) is 11.3 Å². The minimum atomic E-state index is 0.193. The molecule has 0 bridgehead atoms. The highest BCUT2D eigenvalue weighted by Gasteiger charge is 2.52. The number of benzene rings is 1. The average Bonchev–Trinajstić information content (AvgIpc) is 3.02. The number of carbonyl (C=O) groups excluding carboxylic acids is 1. The lowest BCUT2D eigenvalue weighted by atomic mass is 9.56. The van der Waals surface area contributed by atoms with E-state index in [1.165, 1.54) is 0 Å². The number of nitrogens with zero attached hydrogens (tertiary/aromatic N) is 5. The van der Waals surface area contributed by atoms with Gasteiger partial charge in [-0.1, -0.05) is 12.1 Å². The van der Waals surface area contributed by atoms with Crippen molar-refractivity contribution in [1.29, 1.82) is 0 Å². The number of aryl methyl sites for hydroxylation is 1. The van der Waals surface area contributed by atoms with Crippen molar-refractivity contribution in [2.75, 3.05) is 20.1 Å². The van der Waals surface area contributed by atoms with Crippen molar-refractivity contribution < 1.29 is 4.79 Å². The van der Waals surface area contributed by atoms with Crippen LogP contribution >= 0.6 is 0 Å². The highest BCUT2D eigenvalue weighted by Crippen LogP contribution is 2.51. The Kier molecular flexibility index (Phi) is 3.65. The van der Waals surface area contributed by atoms with E-state index in [-0.39, 0.29) is 11.7 Å². The van der Waals surface area contributed by atoms with Gasteiger partial charge in [-0.05, 0) is 31.4 Å². The summed E-state index contributed by atoms with van der Waals surface area (Å²) in [6.07, 6.45) is 7.86. The first kappa shape index (κ1) is 16.6. The van der Waals surface area contributed by atoms with E-state index in [0.717, 1.165) is 48.1 Å². The molecule has 1 saturated heterocycles. The van der Waals surface area contributed by atoms with Crippen LogP contribution in [0.15, 0.2) is 36.9 Å². The number of ketones is 1. The van der Waals surface area contributed by atoms with Crippen molar-refractivity contribution in [2.45, 2.75) is 19.3 Å². The highest BCUT2D eigenvalue weighted by atomic mass is 16.1. The third-order valence-corrected chi connectivity index (χ3v) is 6.10. The molecule has 0 amide bonds. The van der Waals surface area contributed by atoms with E-state index in [2.05, 4.69) is 33.0 Å². The zero-order chi connectivity index (χ0) is 18.6. The molecule has 1 aliphatic heterocycles. The standard InChI is InChI=1S/C21H23N5O/c1-25-11-21(12-25)7-16(8-21)19(27)6-20-23-9-15-4-3-14(5-17(15)24-20)18-10-22-13-26(18)2/h3-5,9-10,13,16H,6-8,11-12H2,1-2H3. The van der Waals surface area contributed by atoms with E-state index < -0.39 is 0 Å². The van der Waals surface area contributed by atoms with Gasteiger partial charge in [0.15, 0.2) is 0 Å². The molecule has 2 aliphatic rings. The first-order valence-electron chi connectivity index (χ1n) is 9.45. The molecule has 1 aromatic carbocycles. The molecule has 1 spiro atoms. The van der Waals surface area contributed by atoms with Crippen LogP contribution in [0.3, 0.4) is 0 Å². The molecule has 0 unspecified atom stereocenters. The first-order chi connectivity index (χ1) is 13.0. The summed E-state index contributed by atoms with van der Waals surface area (Å²) in [5.41, 5.74) is 3.40. The number of hydrogen-bond donors (Lipinski definition) is 0. The van der Waals surface area contributed by atoms with E-state index >= 15 is 0 Å². The smallest absolute Gasteiger partial charge is 0.143 e. The van der Waals surface area contributed by atoms with Crippen LogP contribution in [0.1, 0.15) is 18.7 Å². The van der Waals surface area contributed by atoms with Gasteiger partial charge < -0.3 is 9.47 Å². The molecule has 27 heavy (non-hydrogen) atoms. The summed E-state index contributed by atoms with van der Waals surface area (Å²) in [6, 6.07) is 6.12. The monoisotopic (exact) mass is 361 g/mol. The molecule has 3 aromatic rings. The Morgan fingerprint density at radius 1 is 1.22 bits per heavy atom. The maximum atomic E-state index is 12.6. The number of aromatic nitrogens is 4. The second-order valence-corrected chi connectivity index (χ2v) is 8.37. The van der Waals surface area contributed by atoms with Crippen LogP contribution in [-0.2, 0) is 18.3 Å². The zero-order valence-electron chi connectivity index (χ0n) is 15.7. The van der Waals surface area contributed by atoms with Gasteiger partial charge in [0.25, 0.3) is 0 Å². The fraction of sp³-hybridized carbons (Fsp3) is 0.429. The maximum Gasteiger partial charge on any atom is 0.143 e. The van der Waals surface area contributed by atoms with E-state index in [1.807, 2.05) is 36.1 Å². The van der Waals surface area contributed by atoms with Gasteiger partial charge in [0.2, 0.25) is 0 Å². The Bertz CT molecular complexity index is 1030. The quantitative estimate of drug-likeness (QED) is 0.714. The molecule has 6 heteroatoms. The Balaban J connectivity index is 1.33. The van der Waals surface area contributed by atoms with Crippen molar-refractivity contribution in [3.63, 3.8) is 0 Å². The molecule has 5 rings (SSSR count). The molecule has 2 fully saturated rings. The average molecular weight is 361 g/mol. The van der Waals surface area contributed by atoms with Gasteiger partial charge >= 0.3 is 0 Å². The summed E-state index contributed by atoms with van der Waals surface area (Å²) in [4.78, 5) is 28.2. The highest BCUT2D eigenvalue weighted by molar-refractivity contribution is 5.86. The van der Waals surface area contributed by atoms with Gasteiger partial charge in [-0.2, -0.15) is 0 Å². The summed E-state index contributed by atoms with van der Waals surface area (Å²) in [5, 5.41) is 0.984. The topological polar surface area (TPSA) is 63.9 Å². The molecule has 2 aromatic heterocycles. The number of carbonyl (C=O) groups is 1. The third kappa shape index (κ3) is 2.84.